The minimum Gasteiger partial charge on any atom is -0.494 e. The predicted molar refractivity (Wildman–Crippen MR) is 231 cm³/mol. The molecular weight excluding hydrogens is 796 g/mol. The molecule has 2 amide bonds. The van der Waals surface area contributed by atoms with Crippen molar-refractivity contribution in [1.82, 2.24) is 25.1 Å². The highest BCUT2D eigenvalue weighted by Gasteiger charge is 2.29. The van der Waals surface area contributed by atoms with Gasteiger partial charge in [0.25, 0.3) is 0 Å². The topological polar surface area (TPSA) is 182 Å². The summed E-state index contributed by atoms with van der Waals surface area (Å²) in [4.78, 5) is 39.9. The van der Waals surface area contributed by atoms with E-state index in [4.69, 9.17) is 21.1 Å². The van der Waals surface area contributed by atoms with E-state index >= 15 is 0 Å². The van der Waals surface area contributed by atoms with Crippen LogP contribution in [0.1, 0.15) is 32.1 Å². The van der Waals surface area contributed by atoms with Crippen molar-refractivity contribution in [1.29, 1.82) is 0 Å². The molecule has 314 valence electrons. The molecule has 1 unspecified atom stereocenters. The summed E-state index contributed by atoms with van der Waals surface area (Å²) in [6.07, 6.45) is 6.53. The number of rotatable bonds is 16. The van der Waals surface area contributed by atoms with Crippen molar-refractivity contribution in [2.24, 2.45) is 0 Å². The van der Waals surface area contributed by atoms with Gasteiger partial charge in [-0.05, 0) is 74.2 Å². The largest absolute Gasteiger partial charge is 0.494 e. The fourth-order valence-corrected chi connectivity index (χ4v) is 8.34. The van der Waals surface area contributed by atoms with E-state index in [2.05, 4.69) is 56.7 Å². The quantitative estimate of drug-likeness (QED) is 0.0727. The number of anilines is 7. The van der Waals surface area contributed by atoms with E-state index in [0.29, 0.717) is 54.1 Å². The minimum absolute atomic E-state index is 0.222. The standard InChI is InChI=1S/C41H51ClN10O6S/c1-57-37-26-30(10-13-35(37)46-41-43-27-32(42)39(48-41)45-33-6-3-4-7-34(33)49-59(2,55)56)51-19-16-29(17-20-51)52-23-21-50(22-24-52)18-5-25-58-31-11-8-28(9-12-31)44-36-14-15-38(53)47-40(36)54/h3-4,6-13,26-27,29,36,44,49H,5,14-25H2,1-2H3,(H,47,53,54)(H2,43,45,46,48). The number of nitrogens with zero attached hydrogens (tertiary/aromatic N) is 5. The Kier molecular flexibility index (Phi) is 13.6. The Morgan fingerprint density at radius 1 is 0.898 bits per heavy atom. The molecule has 0 spiro atoms. The molecule has 18 heteroatoms. The number of imide groups is 1. The molecule has 0 saturated carbocycles. The third-order valence-corrected chi connectivity index (χ3v) is 11.6. The smallest absolute Gasteiger partial charge is 0.249 e. The number of hydrogen-bond donors (Lipinski definition) is 5. The molecule has 0 bridgehead atoms. The molecule has 16 nitrogen and oxygen atoms in total. The Morgan fingerprint density at radius 2 is 1.64 bits per heavy atom. The van der Waals surface area contributed by atoms with Gasteiger partial charge in [-0.1, -0.05) is 23.7 Å². The Labute approximate surface area is 350 Å². The maximum Gasteiger partial charge on any atom is 0.249 e. The minimum atomic E-state index is -3.50. The number of amides is 2. The third-order valence-electron chi connectivity index (χ3n) is 10.7. The van der Waals surface area contributed by atoms with Gasteiger partial charge in [0.15, 0.2) is 5.82 Å². The molecule has 5 N–H and O–H groups in total. The van der Waals surface area contributed by atoms with Gasteiger partial charge in [0, 0.05) is 75.7 Å². The summed E-state index contributed by atoms with van der Waals surface area (Å²) < 4.78 is 38.0. The average Bonchev–Trinajstić information content (AvgIpc) is 3.23. The summed E-state index contributed by atoms with van der Waals surface area (Å²) >= 11 is 6.43. The molecule has 1 atom stereocenters. The van der Waals surface area contributed by atoms with Gasteiger partial charge in [0.05, 0.1) is 43.2 Å². The second-order valence-corrected chi connectivity index (χ2v) is 17.1. The molecule has 3 aliphatic heterocycles. The average molecular weight is 847 g/mol. The number of hydrogen-bond acceptors (Lipinski definition) is 14. The number of aromatic nitrogens is 2. The number of sulfonamides is 1. The summed E-state index contributed by atoms with van der Waals surface area (Å²) in [5.74, 6) is 1.54. The summed E-state index contributed by atoms with van der Waals surface area (Å²) in [7, 11) is -1.86. The number of ether oxygens (including phenoxy) is 2. The van der Waals surface area contributed by atoms with Gasteiger partial charge in [-0.15, -0.1) is 0 Å². The lowest BCUT2D eigenvalue weighted by Crippen LogP contribution is -2.53. The van der Waals surface area contributed by atoms with Crippen molar-refractivity contribution in [3.05, 3.63) is 77.9 Å². The third kappa shape index (κ3) is 11.4. The fraction of sp³-hybridized carbons (Fsp3) is 0.415. The van der Waals surface area contributed by atoms with Crippen LogP contribution < -0.4 is 40.4 Å². The van der Waals surface area contributed by atoms with Crippen LogP contribution in [0.25, 0.3) is 0 Å². The SMILES string of the molecule is COc1cc(N2CCC(N3CCN(CCCOc4ccc(NC5CCC(=O)NC5=O)cc4)CC3)CC2)ccc1Nc1ncc(Cl)c(Nc2ccccc2NS(C)(=O)=O)n1. The number of nitrogens with one attached hydrogen (secondary N) is 5. The number of para-hydroxylation sites is 2. The first-order valence-electron chi connectivity index (χ1n) is 19.9. The zero-order valence-electron chi connectivity index (χ0n) is 33.2. The lowest BCUT2D eigenvalue weighted by atomic mass is 10.0. The second kappa shape index (κ2) is 19.1. The second-order valence-electron chi connectivity index (χ2n) is 14.9. The predicted octanol–water partition coefficient (Wildman–Crippen LogP) is 5.27. The molecule has 59 heavy (non-hydrogen) atoms. The molecule has 0 aliphatic carbocycles. The number of piperidine rings is 2. The van der Waals surface area contributed by atoms with Gasteiger partial charge >= 0.3 is 0 Å². The molecule has 7 rings (SSSR count). The first-order chi connectivity index (χ1) is 28.5. The van der Waals surface area contributed by atoms with Crippen molar-refractivity contribution in [2.75, 3.05) is 91.4 Å². The van der Waals surface area contributed by atoms with Gasteiger partial charge in [0.1, 0.15) is 22.6 Å². The summed E-state index contributed by atoms with van der Waals surface area (Å²) in [6.45, 7) is 7.77. The van der Waals surface area contributed by atoms with Gasteiger partial charge in [-0.2, -0.15) is 4.98 Å². The number of carbonyl (C=O) groups excluding carboxylic acids is 2. The number of halogens is 1. The molecule has 3 aromatic carbocycles. The lowest BCUT2D eigenvalue weighted by Gasteiger charge is -2.43. The van der Waals surface area contributed by atoms with E-state index in [1.165, 1.54) is 6.20 Å². The Bertz CT molecular complexity index is 2200. The van der Waals surface area contributed by atoms with E-state index in [1.54, 1.807) is 31.4 Å². The molecule has 0 radical (unpaired) electrons. The zero-order valence-corrected chi connectivity index (χ0v) is 34.8. The zero-order chi connectivity index (χ0) is 41.4. The fourth-order valence-electron chi connectivity index (χ4n) is 7.62. The molecule has 3 fully saturated rings. The van der Waals surface area contributed by atoms with E-state index in [1.807, 2.05) is 36.4 Å². The van der Waals surface area contributed by atoms with Crippen molar-refractivity contribution in [2.45, 2.75) is 44.2 Å². The number of carbonyl (C=O) groups is 2. The molecule has 1 aromatic heterocycles. The summed E-state index contributed by atoms with van der Waals surface area (Å²) in [5.41, 5.74) is 3.45. The molecular formula is C41H51ClN10O6S. The van der Waals surface area contributed by atoms with Crippen molar-refractivity contribution < 1.29 is 27.5 Å². The number of methoxy groups -OCH3 is 1. The molecule has 3 saturated heterocycles. The van der Waals surface area contributed by atoms with Crippen LogP contribution in [0.3, 0.4) is 0 Å². The van der Waals surface area contributed by atoms with E-state index in [0.717, 1.165) is 88.5 Å². The van der Waals surface area contributed by atoms with Crippen LogP contribution in [0.2, 0.25) is 5.02 Å². The van der Waals surface area contributed by atoms with Gasteiger partial charge in [-0.3, -0.25) is 24.5 Å². The van der Waals surface area contributed by atoms with Gasteiger partial charge in [-0.25, -0.2) is 13.4 Å². The van der Waals surface area contributed by atoms with E-state index in [-0.39, 0.29) is 22.8 Å². The van der Waals surface area contributed by atoms with Gasteiger partial charge in [0.2, 0.25) is 27.8 Å². The number of piperazine rings is 1. The van der Waals surface area contributed by atoms with Crippen LogP contribution in [0.5, 0.6) is 11.5 Å². The molecule has 3 aliphatic rings. The normalized spacial score (nSPS) is 18.2. The Morgan fingerprint density at radius 3 is 2.36 bits per heavy atom. The highest BCUT2D eigenvalue weighted by molar-refractivity contribution is 7.92. The number of benzene rings is 3. The van der Waals surface area contributed by atoms with Crippen LogP contribution in [0, 0.1) is 0 Å². The maximum absolute atomic E-state index is 12.0. The first-order valence-corrected chi connectivity index (χ1v) is 22.1. The highest BCUT2D eigenvalue weighted by atomic mass is 35.5. The first kappa shape index (κ1) is 41.8. The Hall–Kier alpha value is -5.36. The van der Waals surface area contributed by atoms with E-state index in [9.17, 15) is 18.0 Å². The van der Waals surface area contributed by atoms with Crippen LogP contribution in [-0.2, 0) is 19.6 Å². The van der Waals surface area contributed by atoms with Crippen molar-refractivity contribution in [3.8, 4) is 11.5 Å². The van der Waals surface area contributed by atoms with Crippen LogP contribution in [0.15, 0.2) is 72.9 Å². The summed E-state index contributed by atoms with van der Waals surface area (Å²) in [5, 5.41) is 12.2. The van der Waals surface area contributed by atoms with Gasteiger partial charge < -0.3 is 35.2 Å². The maximum atomic E-state index is 12.0. The summed E-state index contributed by atoms with van der Waals surface area (Å²) in [6, 6.07) is 20.7. The Balaban J connectivity index is 0.832. The molecule has 4 heterocycles. The highest BCUT2D eigenvalue weighted by Crippen LogP contribution is 2.35. The van der Waals surface area contributed by atoms with E-state index < -0.39 is 16.1 Å². The van der Waals surface area contributed by atoms with Crippen LogP contribution in [-0.4, -0.2) is 118 Å². The van der Waals surface area contributed by atoms with Crippen LogP contribution >= 0.6 is 11.6 Å². The lowest BCUT2D eigenvalue weighted by molar-refractivity contribution is -0.133. The molecule has 4 aromatic rings. The monoisotopic (exact) mass is 846 g/mol. The van der Waals surface area contributed by atoms with Crippen molar-refractivity contribution >= 4 is 73.6 Å². The van der Waals surface area contributed by atoms with Crippen LogP contribution in [0.4, 0.5) is 40.2 Å². The van der Waals surface area contributed by atoms with Crippen molar-refractivity contribution in [3.63, 3.8) is 0 Å².